The summed E-state index contributed by atoms with van der Waals surface area (Å²) in [6, 6.07) is 23.8. The molecule has 30 heavy (non-hydrogen) atoms. The Balaban J connectivity index is 1.56. The Morgan fingerprint density at radius 2 is 1.43 bits per heavy atom. The average Bonchev–Trinajstić information content (AvgIpc) is 2.75. The van der Waals surface area contributed by atoms with E-state index in [9.17, 15) is 9.59 Å². The van der Waals surface area contributed by atoms with E-state index in [0.29, 0.717) is 5.69 Å². The number of aryl methyl sites for hydroxylation is 2. The largest absolute Gasteiger partial charge is 0.329 e. The van der Waals surface area contributed by atoms with Gasteiger partial charge in [-0.15, -0.1) is 0 Å². The summed E-state index contributed by atoms with van der Waals surface area (Å²) >= 11 is 0. The van der Waals surface area contributed by atoms with Crippen LogP contribution < -0.4 is 10.7 Å². The molecule has 0 bridgehead atoms. The number of anilines is 1. The van der Waals surface area contributed by atoms with Crippen molar-refractivity contribution in [1.29, 1.82) is 0 Å². The minimum absolute atomic E-state index is 0.610. The Labute approximate surface area is 174 Å². The van der Waals surface area contributed by atoms with Gasteiger partial charge in [-0.05, 0) is 58.7 Å². The number of nitrogens with one attached hydrogen (secondary N) is 2. The molecule has 0 atom stereocenters. The van der Waals surface area contributed by atoms with Crippen molar-refractivity contribution in [2.45, 2.75) is 13.8 Å². The molecule has 0 aliphatic carbocycles. The molecule has 5 heteroatoms. The zero-order valence-corrected chi connectivity index (χ0v) is 16.8. The van der Waals surface area contributed by atoms with Gasteiger partial charge in [0.1, 0.15) is 0 Å². The second-order valence-corrected chi connectivity index (χ2v) is 7.20. The molecule has 0 fully saturated rings. The molecule has 0 spiro atoms. The predicted molar refractivity (Wildman–Crippen MR) is 122 cm³/mol. The quantitative estimate of drug-likeness (QED) is 0.228. The first kappa shape index (κ1) is 19.3. The molecule has 148 valence electrons. The van der Waals surface area contributed by atoms with Crippen molar-refractivity contribution in [3.05, 3.63) is 89.5 Å². The molecule has 0 aliphatic rings. The number of hydrogen-bond acceptors (Lipinski definition) is 3. The van der Waals surface area contributed by atoms with Crippen LogP contribution in [0.4, 0.5) is 5.69 Å². The molecule has 5 nitrogen and oxygen atoms in total. The number of nitrogens with zero attached hydrogens (tertiary/aromatic N) is 1. The Hall–Kier alpha value is -3.99. The lowest BCUT2D eigenvalue weighted by Gasteiger charge is -2.09. The number of amides is 2. The number of hydrogen-bond donors (Lipinski definition) is 2. The van der Waals surface area contributed by atoms with Crippen LogP contribution in [-0.2, 0) is 9.59 Å². The van der Waals surface area contributed by atoms with Gasteiger partial charge in [-0.1, -0.05) is 60.7 Å². The average molecular weight is 395 g/mol. The van der Waals surface area contributed by atoms with Gasteiger partial charge in [0.25, 0.3) is 0 Å². The van der Waals surface area contributed by atoms with Gasteiger partial charge in [-0.25, -0.2) is 5.43 Å². The summed E-state index contributed by atoms with van der Waals surface area (Å²) in [5.74, 6) is -1.58. The molecule has 0 aliphatic heterocycles. The van der Waals surface area contributed by atoms with Gasteiger partial charge < -0.3 is 5.32 Å². The zero-order chi connectivity index (χ0) is 21.1. The van der Waals surface area contributed by atoms with Crippen LogP contribution in [0, 0.1) is 13.8 Å². The van der Waals surface area contributed by atoms with Gasteiger partial charge in [-0.3, -0.25) is 9.59 Å². The monoisotopic (exact) mass is 395 g/mol. The van der Waals surface area contributed by atoms with Crippen molar-refractivity contribution in [2.24, 2.45) is 5.10 Å². The molecule has 0 saturated carbocycles. The van der Waals surface area contributed by atoms with Gasteiger partial charge >= 0.3 is 11.8 Å². The van der Waals surface area contributed by atoms with Crippen LogP contribution in [0.2, 0.25) is 0 Å². The van der Waals surface area contributed by atoms with Crippen molar-refractivity contribution >= 4 is 45.3 Å². The standard InChI is InChI=1S/C25H21N3O2/c1-16-11-12-17(2)23(13-16)27-24(29)25(30)28-26-15-22-20-9-5-3-7-18(20)14-19-8-4-6-10-21(19)22/h3-15H,1-2H3,(H,27,29)(H,28,30)/b26-15+. The first-order valence-electron chi connectivity index (χ1n) is 9.65. The highest BCUT2D eigenvalue weighted by molar-refractivity contribution is 6.39. The van der Waals surface area contributed by atoms with Crippen LogP contribution in [0.25, 0.3) is 21.5 Å². The van der Waals surface area contributed by atoms with Crippen molar-refractivity contribution in [1.82, 2.24) is 5.43 Å². The predicted octanol–water partition coefficient (Wildman–Crippen LogP) is 4.70. The fourth-order valence-corrected chi connectivity index (χ4v) is 3.44. The first-order chi connectivity index (χ1) is 14.5. The molecule has 0 heterocycles. The van der Waals surface area contributed by atoms with Crippen LogP contribution in [0.15, 0.2) is 77.9 Å². The number of benzene rings is 4. The molecular weight excluding hydrogens is 374 g/mol. The fourth-order valence-electron chi connectivity index (χ4n) is 3.44. The van der Waals surface area contributed by atoms with E-state index >= 15 is 0 Å². The van der Waals surface area contributed by atoms with E-state index in [4.69, 9.17) is 0 Å². The summed E-state index contributed by atoms with van der Waals surface area (Å²) in [4.78, 5) is 24.5. The Morgan fingerprint density at radius 3 is 2.10 bits per heavy atom. The highest BCUT2D eigenvalue weighted by Gasteiger charge is 2.14. The van der Waals surface area contributed by atoms with Crippen molar-refractivity contribution < 1.29 is 9.59 Å². The molecule has 2 amide bonds. The molecule has 0 aromatic heterocycles. The number of carbonyl (C=O) groups excluding carboxylic acids is 2. The molecule has 0 radical (unpaired) electrons. The zero-order valence-electron chi connectivity index (χ0n) is 16.8. The van der Waals surface area contributed by atoms with Crippen molar-refractivity contribution in [3.63, 3.8) is 0 Å². The van der Waals surface area contributed by atoms with Crippen LogP contribution >= 0.6 is 0 Å². The van der Waals surface area contributed by atoms with Gasteiger partial charge in [0.2, 0.25) is 0 Å². The van der Waals surface area contributed by atoms with Crippen LogP contribution in [0.1, 0.15) is 16.7 Å². The minimum Gasteiger partial charge on any atom is -0.317 e. The number of rotatable bonds is 3. The maximum Gasteiger partial charge on any atom is 0.329 e. The number of hydrazone groups is 1. The molecular formula is C25H21N3O2. The second-order valence-electron chi connectivity index (χ2n) is 7.20. The normalized spacial score (nSPS) is 11.1. The second kappa shape index (κ2) is 8.17. The Morgan fingerprint density at radius 1 is 0.800 bits per heavy atom. The Bertz CT molecular complexity index is 1250. The molecule has 0 saturated heterocycles. The van der Waals surface area contributed by atoms with Crippen molar-refractivity contribution in [2.75, 3.05) is 5.32 Å². The Kier molecular flexibility index (Phi) is 5.26. The third kappa shape index (κ3) is 3.91. The van der Waals surface area contributed by atoms with E-state index in [1.165, 1.54) is 0 Å². The van der Waals surface area contributed by atoms with Gasteiger partial charge in [-0.2, -0.15) is 5.10 Å². The van der Waals surface area contributed by atoms with Crippen LogP contribution in [-0.4, -0.2) is 18.0 Å². The maximum absolute atomic E-state index is 12.2. The van der Waals surface area contributed by atoms with E-state index in [-0.39, 0.29) is 0 Å². The highest BCUT2D eigenvalue weighted by atomic mass is 16.2. The molecule has 0 unspecified atom stereocenters. The highest BCUT2D eigenvalue weighted by Crippen LogP contribution is 2.27. The van der Waals surface area contributed by atoms with Crippen LogP contribution in [0.5, 0.6) is 0 Å². The van der Waals surface area contributed by atoms with Gasteiger partial charge in [0, 0.05) is 11.3 Å². The van der Waals surface area contributed by atoms with E-state index in [2.05, 4.69) is 21.9 Å². The molecule has 4 rings (SSSR count). The first-order valence-corrected chi connectivity index (χ1v) is 9.65. The maximum atomic E-state index is 12.2. The van der Waals surface area contributed by atoms with Gasteiger partial charge in [0.05, 0.1) is 6.21 Å². The summed E-state index contributed by atoms with van der Waals surface area (Å²) in [6.07, 6.45) is 1.59. The smallest absolute Gasteiger partial charge is 0.317 e. The lowest BCUT2D eigenvalue weighted by atomic mass is 9.97. The summed E-state index contributed by atoms with van der Waals surface area (Å²) in [5.41, 5.74) is 5.71. The van der Waals surface area contributed by atoms with Crippen LogP contribution in [0.3, 0.4) is 0 Å². The number of carbonyl (C=O) groups is 2. The molecule has 4 aromatic rings. The third-order valence-corrected chi connectivity index (χ3v) is 5.02. The molecule has 4 aromatic carbocycles. The summed E-state index contributed by atoms with van der Waals surface area (Å²) in [5, 5.41) is 10.9. The lowest BCUT2D eigenvalue weighted by molar-refractivity contribution is -0.136. The van der Waals surface area contributed by atoms with E-state index in [1.807, 2.05) is 80.6 Å². The van der Waals surface area contributed by atoms with Gasteiger partial charge in [0.15, 0.2) is 0 Å². The summed E-state index contributed by atoms with van der Waals surface area (Å²) in [7, 11) is 0. The summed E-state index contributed by atoms with van der Waals surface area (Å²) in [6.45, 7) is 3.80. The fraction of sp³-hybridized carbons (Fsp3) is 0.0800. The third-order valence-electron chi connectivity index (χ3n) is 5.02. The topological polar surface area (TPSA) is 70.6 Å². The molecule has 2 N–H and O–H groups in total. The van der Waals surface area contributed by atoms with E-state index in [0.717, 1.165) is 38.2 Å². The minimum atomic E-state index is -0.823. The van der Waals surface area contributed by atoms with E-state index in [1.54, 1.807) is 6.21 Å². The van der Waals surface area contributed by atoms with E-state index < -0.39 is 11.8 Å². The lowest BCUT2D eigenvalue weighted by Crippen LogP contribution is -2.32. The SMILES string of the molecule is Cc1ccc(C)c(NC(=O)C(=O)N/N=C/c2c3ccccc3cc3ccccc23)c1. The number of fused-ring (bicyclic) bond motifs is 2. The summed E-state index contributed by atoms with van der Waals surface area (Å²) < 4.78 is 0. The van der Waals surface area contributed by atoms with Crippen molar-refractivity contribution in [3.8, 4) is 0 Å².